The highest BCUT2D eigenvalue weighted by atomic mass is 15.0. The van der Waals surface area contributed by atoms with Gasteiger partial charge in [-0.1, -0.05) is 163 Å². The number of hydrogen-bond donors (Lipinski definition) is 0. The van der Waals surface area contributed by atoms with E-state index in [2.05, 4.69) is 116 Å². The van der Waals surface area contributed by atoms with E-state index in [0.29, 0.717) is 17.5 Å². The maximum absolute atomic E-state index is 5.12. The molecule has 0 spiro atoms. The zero-order valence-corrected chi connectivity index (χ0v) is 27.0. The highest BCUT2D eigenvalue weighted by Crippen LogP contribution is 2.33. The summed E-state index contributed by atoms with van der Waals surface area (Å²) in [5.74, 6) is 1.93. The highest BCUT2D eigenvalue weighted by Gasteiger charge is 2.14. The third kappa shape index (κ3) is 6.53. The van der Waals surface area contributed by atoms with E-state index in [1.165, 1.54) is 11.1 Å². The van der Waals surface area contributed by atoms with Crippen LogP contribution < -0.4 is 0 Å². The molecule has 8 rings (SSSR count). The van der Waals surface area contributed by atoms with Crippen LogP contribution in [0.25, 0.3) is 78.9 Å². The Morgan fingerprint density at radius 1 is 0.265 bits per heavy atom. The van der Waals surface area contributed by atoms with Crippen LogP contribution in [-0.2, 0) is 0 Å². The molecule has 2 heterocycles. The summed E-state index contributed by atoms with van der Waals surface area (Å²) in [6.07, 6.45) is 0. The van der Waals surface area contributed by atoms with E-state index < -0.39 is 0 Å². The third-order valence-corrected chi connectivity index (χ3v) is 8.61. The number of rotatable bonds is 7. The molecule has 0 radical (unpaired) electrons. The lowest BCUT2D eigenvalue weighted by molar-refractivity contribution is 1.07. The Bertz CT molecular complexity index is 2290. The molecule has 2 aromatic heterocycles. The maximum atomic E-state index is 5.12. The third-order valence-electron chi connectivity index (χ3n) is 8.61. The maximum Gasteiger partial charge on any atom is 0.164 e. The van der Waals surface area contributed by atoms with E-state index in [1.807, 2.05) is 66.7 Å². The minimum atomic E-state index is 0.636. The quantitative estimate of drug-likeness (QED) is 0.176. The van der Waals surface area contributed by atoms with Gasteiger partial charge >= 0.3 is 0 Å². The summed E-state index contributed by atoms with van der Waals surface area (Å²) in [4.78, 5) is 19.8. The summed E-state index contributed by atoms with van der Waals surface area (Å²) in [7, 11) is 0. The van der Waals surface area contributed by atoms with E-state index in [4.69, 9.17) is 19.9 Å². The van der Waals surface area contributed by atoms with E-state index in [-0.39, 0.29) is 0 Å². The van der Waals surface area contributed by atoms with Crippen molar-refractivity contribution in [3.63, 3.8) is 0 Å². The predicted octanol–water partition coefficient (Wildman–Crippen LogP) is 11.2. The normalized spacial score (nSPS) is 11.0. The molecule has 0 amide bonds. The zero-order chi connectivity index (χ0) is 33.0. The molecule has 0 aliphatic heterocycles. The molecule has 0 aliphatic rings. The Kier molecular flexibility index (Phi) is 8.11. The zero-order valence-electron chi connectivity index (χ0n) is 27.0. The predicted molar refractivity (Wildman–Crippen MR) is 200 cm³/mol. The van der Waals surface area contributed by atoms with Crippen molar-refractivity contribution in [3.05, 3.63) is 181 Å². The van der Waals surface area contributed by atoms with Gasteiger partial charge < -0.3 is 0 Å². The van der Waals surface area contributed by atoms with Crippen LogP contribution in [0.2, 0.25) is 0 Å². The van der Waals surface area contributed by atoms with Crippen molar-refractivity contribution >= 4 is 0 Å². The standard InChI is InChI=1S/C45H32N4/c1-31-20-22-33(23-21-31)40-29-41(34-12-5-2-6-13-34)46-42(30-40)35-26-24-32(25-27-35)38-18-11-19-39(28-38)45-48-43(36-14-7-3-8-15-36)47-44(49-45)37-16-9-4-10-17-37/h2-30H,1H3. The van der Waals surface area contributed by atoms with E-state index >= 15 is 0 Å². The Balaban J connectivity index is 1.16. The van der Waals surface area contributed by atoms with Gasteiger partial charge in [-0.3, -0.25) is 0 Å². The first-order valence-electron chi connectivity index (χ1n) is 16.4. The molecule has 0 saturated carbocycles. The molecule has 0 unspecified atom stereocenters. The SMILES string of the molecule is Cc1ccc(-c2cc(-c3ccccc3)nc(-c3ccc(-c4cccc(-c5nc(-c6ccccc6)nc(-c6ccccc6)n5)c4)cc3)c2)cc1. The van der Waals surface area contributed by atoms with Gasteiger partial charge in [0.2, 0.25) is 0 Å². The van der Waals surface area contributed by atoms with Crippen molar-refractivity contribution < 1.29 is 0 Å². The van der Waals surface area contributed by atoms with E-state index in [9.17, 15) is 0 Å². The van der Waals surface area contributed by atoms with Crippen LogP contribution in [0.4, 0.5) is 0 Å². The van der Waals surface area contributed by atoms with Gasteiger partial charge in [0.15, 0.2) is 17.5 Å². The van der Waals surface area contributed by atoms with Crippen LogP contribution in [-0.4, -0.2) is 19.9 Å². The van der Waals surface area contributed by atoms with Crippen LogP contribution in [0.5, 0.6) is 0 Å². The number of aromatic nitrogens is 4. The van der Waals surface area contributed by atoms with Crippen molar-refractivity contribution in [2.24, 2.45) is 0 Å². The highest BCUT2D eigenvalue weighted by molar-refractivity contribution is 5.79. The fraction of sp³-hybridized carbons (Fsp3) is 0.0222. The summed E-state index contributed by atoms with van der Waals surface area (Å²) in [6, 6.07) is 60.5. The van der Waals surface area contributed by atoms with Gasteiger partial charge in [-0.2, -0.15) is 0 Å². The lowest BCUT2D eigenvalue weighted by atomic mass is 9.97. The minimum absolute atomic E-state index is 0.636. The molecule has 8 aromatic rings. The molecule has 4 heteroatoms. The molecule has 4 nitrogen and oxygen atoms in total. The Labute approximate surface area is 286 Å². The number of hydrogen-bond acceptors (Lipinski definition) is 4. The van der Waals surface area contributed by atoms with Crippen LogP contribution in [0.3, 0.4) is 0 Å². The summed E-state index contributed by atoms with van der Waals surface area (Å²) in [5, 5.41) is 0. The first kappa shape index (κ1) is 29.9. The van der Waals surface area contributed by atoms with Crippen LogP contribution in [0.1, 0.15) is 5.56 Å². The molecule has 0 bridgehead atoms. The number of nitrogens with zero attached hydrogens (tertiary/aromatic N) is 4. The van der Waals surface area contributed by atoms with Gasteiger partial charge in [0, 0.05) is 27.8 Å². The average Bonchev–Trinajstić information content (AvgIpc) is 3.19. The van der Waals surface area contributed by atoms with Crippen LogP contribution >= 0.6 is 0 Å². The van der Waals surface area contributed by atoms with Crippen molar-refractivity contribution in [1.82, 2.24) is 19.9 Å². The summed E-state index contributed by atoms with van der Waals surface area (Å²) in [6.45, 7) is 2.11. The molecule has 0 fully saturated rings. The largest absolute Gasteiger partial charge is 0.248 e. The Morgan fingerprint density at radius 2 is 0.653 bits per heavy atom. The molecular formula is C45H32N4. The lowest BCUT2D eigenvalue weighted by Gasteiger charge is -2.12. The summed E-state index contributed by atoms with van der Waals surface area (Å²) in [5.41, 5.74) is 12.6. The van der Waals surface area contributed by atoms with Crippen LogP contribution in [0, 0.1) is 6.92 Å². The molecule has 0 atom stereocenters. The molecular weight excluding hydrogens is 597 g/mol. The monoisotopic (exact) mass is 628 g/mol. The van der Waals surface area contributed by atoms with Crippen molar-refractivity contribution in [2.75, 3.05) is 0 Å². The lowest BCUT2D eigenvalue weighted by Crippen LogP contribution is -2.00. The Morgan fingerprint density at radius 3 is 1.20 bits per heavy atom. The molecule has 0 aliphatic carbocycles. The average molecular weight is 629 g/mol. The van der Waals surface area contributed by atoms with E-state index in [0.717, 1.165) is 55.9 Å². The van der Waals surface area contributed by atoms with Gasteiger partial charge in [-0.15, -0.1) is 0 Å². The molecule has 49 heavy (non-hydrogen) atoms. The second-order valence-electron chi connectivity index (χ2n) is 12.1. The first-order chi connectivity index (χ1) is 24.2. The number of benzene rings is 6. The molecule has 0 N–H and O–H groups in total. The van der Waals surface area contributed by atoms with Crippen LogP contribution in [0.15, 0.2) is 176 Å². The van der Waals surface area contributed by atoms with Crippen molar-refractivity contribution in [2.45, 2.75) is 6.92 Å². The smallest absolute Gasteiger partial charge is 0.164 e. The number of pyridine rings is 1. The Hall–Kier alpha value is -6.52. The van der Waals surface area contributed by atoms with Gasteiger partial charge in [0.1, 0.15) is 0 Å². The van der Waals surface area contributed by atoms with Gasteiger partial charge in [0.05, 0.1) is 11.4 Å². The van der Waals surface area contributed by atoms with Gasteiger partial charge in [-0.05, 0) is 47.4 Å². The summed E-state index contributed by atoms with van der Waals surface area (Å²) >= 11 is 0. The summed E-state index contributed by atoms with van der Waals surface area (Å²) < 4.78 is 0. The van der Waals surface area contributed by atoms with Crippen molar-refractivity contribution in [1.29, 1.82) is 0 Å². The first-order valence-corrected chi connectivity index (χ1v) is 16.4. The van der Waals surface area contributed by atoms with Gasteiger partial charge in [0.25, 0.3) is 0 Å². The van der Waals surface area contributed by atoms with E-state index in [1.54, 1.807) is 0 Å². The fourth-order valence-electron chi connectivity index (χ4n) is 5.96. The molecule has 6 aromatic carbocycles. The molecule has 0 saturated heterocycles. The van der Waals surface area contributed by atoms with Crippen molar-refractivity contribution in [3.8, 4) is 78.9 Å². The van der Waals surface area contributed by atoms with Gasteiger partial charge in [-0.25, -0.2) is 19.9 Å². The minimum Gasteiger partial charge on any atom is -0.248 e. The fourth-order valence-corrected chi connectivity index (χ4v) is 5.96. The second-order valence-corrected chi connectivity index (χ2v) is 12.1. The number of aryl methyl sites for hydroxylation is 1. The second kappa shape index (κ2) is 13.3. The topological polar surface area (TPSA) is 51.6 Å². The molecule has 232 valence electrons.